The number of rotatable bonds is 2. The number of Topliss-reactive ketones (excluding diaryl/α,β-unsaturated/α-hetero) is 1. The summed E-state index contributed by atoms with van der Waals surface area (Å²) in [5, 5.41) is 12.9. The fourth-order valence-electron chi connectivity index (χ4n) is 2.24. The normalized spacial score (nSPS) is 9.24. The lowest BCUT2D eigenvalue weighted by atomic mass is 10.3. The number of benzene rings is 2. The third-order valence-corrected chi connectivity index (χ3v) is 4.80. The Kier molecular flexibility index (Phi) is 15.0. The Morgan fingerprint density at radius 1 is 0.789 bits per heavy atom. The number of hydrogen-bond acceptors (Lipinski definition) is 8. The molecule has 2 aromatic heterocycles. The first-order chi connectivity index (χ1) is 17.9. The van der Waals surface area contributed by atoms with Crippen LogP contribution in [0.3, 0.4) is 0 Å². The van der Waals surface area contributed by atoms with Crippen molar-refractivity contribution in [3.63, 3.8) is 0 Å². The number of nitriles is 1. The quantitative estimate of drug-likeness (QED) is 0.101. The zero-order chi connectivity index (χ0) is 28.7. The van der Waals surface area contributed by atoms with Gasteiger partial charge in [-0.25, -0.2) is 19.9 Å². The highest BCUT2D eigenvalue weighted by Crippen LogP contribution is 2.19. The van der Waals surface area contributed by atoms with Gasteiger partial charge in [-0.15, -0.1) is 0 Å². The van der Waals surface area contributed by atoms with Crippen LogP contribution in [-0.4, -0.2) is 25.7 Å². The molecular weight excluding hydrogens is 592 g/mol. The number of halogens is 5. The lowest BCUT2D eigenvalue weighted by Crippen LogP contribution is -1.96. The Labute approximate surface area is 245 Å². The number of aromatic nitrogens is 4. The van der Waals surface area contributed by atoms with Gasteiger partial charge in [-0.3, -0.25) is 4.79 Å². The zero-order valence-corrected chi connectivity index (χ0v) is 24.2. The van der Waals surface area contributed by atoms with Crippen molar-refractivity contribution in [3.8, 4) is 6.07 Å². The zero-order valence-electron chi connectivity index (χ0n) is 20.4. The minimum Gasteiger partial charge on any atom is -0.399 e. The molecule has 2 aromatic carbocycles. The van der Waals surface area contributed by atoms with E-state index in [1.165, 1.54) is 13.0 Å². The summed E-state index contributed by atoms with van der Waals surface area (Å²) in [6.07, 6.45) is 0. The summed E-state index contributed by atoms with van der Waals surface area (Å²) in [5.41, 5.74) is 8.61. The van der Waals surface area contributed by atoms with Crippen LogP contribution in [-0.2, 0) is 4.79 Å². The van der Waals surface area contributed by atoms with Crippen molar-refractivity contribution in [2.45, 2.75) is 20.8 Å². The first-order valence-electron chi connectivity index (χ1n) is 10.5. The van der Waals surface area contributed by atoms with E-state index in [1.54, 1.807) is 49.4 Å². The van der Waals surface area contributed by atoms with Crippen molar-refractivity contribution >= 4 is 81.0 Å². The van der Waals surface area contributed by atoms with E-state index in [0.717, 1.165) is 27.8 Å². The fourth-order valence-corrected chi connectivity index (χ4v) is 3.22. The molecule has 0 atom stereocenters. The molecule has 0 radical (unpaired) electrons. The average Bonchev–Trinajstić information content (AvgIpc) is 2.82. The van der Waals surface area contributed by atoms with Gasteiger partial charge in [0.15, 0.2) is 0 Å². The van der Waals surface area contributed by atoms with Crippen molar-refractivity contribution < 1.29 is 4.79 Å². The Morgan fingerprint density at radius 2 is 1.24 bits per heavy atom. The van der Waals surface area contributed by atoms with Crippen LogP contribution < -0.4 is 11.1 Å². The number of anilines is 3. The summed E-state index contributed by atoms with van der Waals surface area (Å²) >= 11 is 28.1. The first kappa shape index (κ1) is 32.8. The number of ketones is 1. The van der Waals surface area contributed by atoms with Gasteiger partial charge in [-0.05, 0) is 91.6 Å². The molecule has 3 N–H and O–H groups in total. The summed E-state index contributed by atoms with van der Waals surface area (Å²) < 4.78 is 0. The van der Waals surface area contributed by atoms with E-state index in [9.17, 15) is 4.79 Å². The van der Waals surface area contributed by atoms with Crippen molar-refractivity contribution in [1.82, 2.24) is 19.9 Å². The van der Waals surface area contributed by atoms with Gasteiger partial charge in [0.2, 0.25) is 16.4 Å². The smallest absolute Gasteiger partial charge is 0.228 e. The topological polar surface area (TPSA) is 130 Å². The van der Waals surface area contributed by atoms with E-state index in [-0.39, 0.29) is 10.6 Å². The molecule has 0 aliphatic heterocycles. The van der Waals surface area contributed by atoms with Gasteiger partial charge >= 0.3 is 0 Å². The SMILES string of the molecule is CC(=O)C#N.Cc1cc(Cl)nc(Cl)n1.Cc1cc(Nc2ccc(Cl)cc2)nc(Cl)n1.Nc1ccc(Cl)cc1. The second-order valence-corrected chi connectivity index (χ2v) is 9.05. The highest BCUT2D eigenvalue weighted by Gasteiger charge is 2.00. The van der Waals surface area contributed by atoms with Crippen LogP contribution in [0.25, 0.3) is 0 Å². The van der Waals surface area contributed by atoms with Crippen molar-refractivity contribution in [2.75, 3.05) is 11.1 Å². The fraction of sp³-hybridized carbons (Fsp3) is 0.120. The van der Waals surface area contributed by atoms with Crippen LogP contribution in [0.1, 0.15) is 18.3 Å². The molecule has 0 aliphatic rings. The molecule has 0 aliphatic carbocycles. The van der Waals surface area contributed by atoms with E-state index in [1.807, 2.05) is 25.1 Å². The molecule has 0 saturated heterocycles. The molecular formula is C25H22Cl5N7O. The van der Waals surface area contributed by atoms with Crippen molar-refractivity contribution in [3.05, 3.63) is 97.8 Å². The molecule has 0 unspecified atom stereocenters. The van der Waals surface area contributed by atoms with E-state index in [2.05, 4.69) is 25.3 Å². The van der Waals surface area contributed by atoms with Crippen LogP contribution in [0.5, 0.6) is 0 Å². The van der Waals surface area contributed by atoms with E-state index in [4.69, 9.17) is 69.0 Å². The van der Waals surface area contributed by atoms with Gasteiger partial charge in [0.05, 0.1) is 0 Å². The number of nitrogens with two attached hydrogens (primary N) is 1. The number of nitrogens with zero attached hydrogens (tertiary/aromatic N) is 5. The second kappa shape index (κ2) is 17.3. The standard InChI is InChI=1S/C11H9Cl2N3.C6H6ClN.C5H4Cl2N2.C3H3NO/c1-7-6-10(16-11(13)14-7)15-9-4-2-8(12)3-5-9;7-5-1-3-6(8)4-2-5;1-3-2-4(6)9-5(7)8-3;1-3(5)2-4/h2-6H,1H3,(H,14,15,16);1-4H,8H2;2H,1H3;1H3. The number of aryl methyl sites for hydroxylation is 2. The number of hydrogen-bond donors (Lipinski definition) is 2. The molecule has 0 bridgehead atoms. The van der Waals surface area contributed by atoms with E-state index >= 15 is 0 Å². The summed E-state index contributed by atoms with van der Waals surface area (Å²) in [4.78, 5) is 25.0. The monoisotopic (exact) mass is 611 g/mol. The van der Waals surface area contributed by atoms with Crippen molar-refractivity contribution in [1.29, 1.82) is 5.26 Å². The molecule has 198 valence electrons. The molecule has 0 amide bonds. The van der Waals surface area contributed by atoms with Crippen molar-refractivity contribution in [2.24, 2.45) is 0 Å². The summed E-state index contributed by atoms with van der Waals surface area (Å²) in [6.45, 7) is 4.89. The summed E-state index contributed by atoms with van der Waals surface area (Å²) in [5.74, 6) is 0.227. The van der Waals surface area contributed by atoms with Gasteiger partial charge in [-0.1, -0.05) is 34.8 Å². The summed E-state index contributed by atoms with van der Waals surface area (Å²) in [7, 11) is 0. The molecule has 38 heavy (non-hydrogen) atoms. The van der Waals surface area contributed by atoms with Crippen LogP contribution >= 0.6 is 58.0 Å². The second-order valence-electron chi connectivity index (χ2n) is 7.12. The lowest BCUT2D eigenvalue weighted by molar-refractivity contribution is -0.112. The van der Waals surface area contributed by atoms with Crippen LogP contribution in [0, 0.1) is 25.2 Å². The van der Waals surface area contributed by atoms with Gasteiger partial charge in [-0.2, -0.15) is 5.26 Å². The Hall–Kier alpha value is -3.19. The minimum atomic E-state index is -0.440. The molecule has 4 rings (SSSR count). The molecule has 13 heteroatoms. The number of nitrogens with one attached hydrogen (secondary N) is 1. The molecule has 0 spiro atoms. The van der Waals surface area contributed by atoms with E-state index < -0.39 is 5.78 Å². The number of carbonyl (C=O) groups excluding carboxylic acids is 1. The molecule has 4 aromatic rings. The Balaban J connectivity index is 0.000000279. The minimum absolute atomic E-state index is 0.194. The largest absolute Gasteiger partial charge is 0.399 e. The molecule has 0 saturated carbocycles. The lowest BCUT2D eigenvalue weighted by Gasteiger charge is -2.06. The number of nitrogen functional groups attached to an aromatic ring is 1. The Bertz CT molecular complexity index is 1270. The van der Waals surface area contributed by atoms with Crippen LogP contribution in [0.4, 0.5) is 17.2 Å². The predicted molar refractivity (Wildman–Crippen MR) is 155 cm³/mol. The van der Waals surface area contributed by atoms with Crippen LogP contribution in [0.15, 0.2) is 60.7 Å². The molecule has 0 fully saturated rings. The highest BCUT2D eigenvalue weighted by molar-refractivity contribution is 6.32. The summed E-state index contributed by atoms with van der Waals surface area (Å²) in [6, 6.07) is 19.3. The van der Waals surface area contributed by atoms with E-state index in [0.29, 0.717) is 16.0 Å². The van der Waals surface area contributed by atoms with Gasteiger partial charge < -0.3 is 11.1 Å². The van der Waals surface area contributed by atoms with Crippen LogP contribution in [0.2, 0.25) is 25.8 Å². The average molecular weight is 614 g/mol. The van der Waals surface area contributed by atoms with Gasteiger partial charge in [0.25, 0.3) is 0 Å². The molecule has 8 nitrogen and oxygen atoms in total. The molecule has 2 heterocycles. The Morgan fingerprint density at radius 3 is 1.63 bits per heavy atom. The highest BCUT2D eigenvalue weighted by atomic mass is 35.5. The third kappa shape index (κ3) is 15.2. The van der Waals surface area contributed by atoms with Gasteiger partial charge in [0.1, 0.15) is 17.0 Å². The first-order valence-corrected chi connectivity index (χ1v) is 12.4. The number of carbonyl (C=O) groups is 1. The van der Waals surface area contributed by atoms with Gasteiger partial charge in [0, 0.05) is 45.8 Å². The maximum absolute atomic E-state index is 9.45. The predicted octanol–water partition coefficient (Wildman–Crippen LogP) is 7.95. The maximum atomic E-state index is 9.45. The maximum Gasteiger partial charge on any atom is 0.228 e. The third-order valence-electron chi connectivity index (χ3n) is 3.77.